The van der Waals surface area contributed by atoms with Crippen LogP contribution in [-0.2, 0) is 14.3 Å². The summed E-state index contributed by atoms with van der Waals surface area (Å²) in [6.45, 7) is 4.97. The summed E-state index contributed by atoms with van der Waals surface area (Å²) in [5.41, 5.74) is 0. The van der Waals surface area contributed by atoms with Gasteiger partial charge in [0.2, 0.25) is 5.91 Å². The maximum atomic E-state index is 12.6. The molecule has 0 heterocycles. The molecule has 0 saturated carbocycles. The summed E-state index contributed by atoms with van der Waals surface area (Å²) >= 11 is 0. The van der Waals surface area contributed by atoms with E-state index in [1.54, 1.807) is 6.08 Å². The van der Waals surface area contributed by atoms with Crippen molar-refractivity contribution in [1.29, 1.82) is 0 Å². The third kappa shape index (κ3) is 75.5. The molecular weight excluding hydrogens is 1090 g/mol. The molecule has 0 spiro atoms. The number of aliphatic hydroxyl groups is 2. The number of rotatable bonds is 79. The summed E-state index contributed by atoms with van der Waals surface area (Å²) in [5, 5.41) is 23.3. The minimum absolute atomic E-state index is 0.0267. The van der Waals surface area contributed by atoms with Crippen LogP contribution in [0.1, 0.15) is 483 Å². The lowest BCUT2D eigenvalue weighted by atomic mass is 10.0. The van der Waals surface area contributed by atoms with Crippen molar-refractivity contribution in [2.24, 2.45) is 0 Å². The molecule has 2 atom stereocenters. The van der Waals surface area contributed by atoms with Crippen LogP contribution in [0.4, 0.5) is 0 Å². The van der Waals surface area contributed by atoms with E-state index in [0.717, 1.165) is 38.5 Å². The number of unbranched alkanes of at least 4 members (excludes halogenated alkanes) is 68. The van der Waals surface area contributed by atoms with Gasteiger partial charge in [0.25, 0.3) is 0 Å². The van der Waals surface area contributed by atoms with Crippen LogP contribution in [0.3, 0.4) is 0 Å². The van der Waals surface area contributed by atoms with Crippen molar-refractivity contribution in [2.45, 2.75) is 495 Å². The molecule has 0 bridgehead atoms. The van der Waals surface area contributed by atoms with E-state index in [9.17, 15) is 19.8 Å². The maximum absolute atomic E-state index is 12.6. The number of carbonyl (C=O) groups excluding carboxylic acids is 2. The molecule has 0 aromatic heterocycles. The second kappa shape index (κ2) is 79.0. The third-order valence-corrected chi connectivity index (χ3v) is 19.8. The number of carbonyl (C=O) groups is 2. The second-order valence-corrected chi connectivity index (χ2v) is 28.8. The average molecular weight is 1260 g/mol. The molecule has 0 aliphatic rings. The Morgan fingerprint density at radius 3 is 0.764 bits per heavy atom. The molecule has 0 fully saturated rings. The summed E-state index contributed by atoms with van der Waals surface area (Å²) in [6, 6.07) is -0.625. The van der Waals surface area contributed by atoms with Gasteiger partial charge in [-0.2, -0.15) is 0 Å². The first-order valence-corrected chi connectivity index (χ1v) is 41.5. The lowest BCUT2D eigenvalue weighted by molar-refractivity contribution is -0.143. The first-order chi connectivity index (χ1) is 44.0. The molecule has 6 nitrogen and oxygen atoms in total. The molecule has 0 aromatic carbocycles. The van der Waals surface area contributed by atoms with Crippen molar-refractivity contribution < 1.29 is 24.5 Å². The number of aliphatic hydroxyl groups excluding tert-OH is 2. The van der Waals surface area contributed by atoms with Gasteiger partial charge in [0.05, 0.1) is 25.4 Å². The SMILES string of the molecule is CCCCCCCCCCCCCCCCCCCCCC/C=C/C(O)C(CO)NC(=O)CCCCCCCCCCCCCCCCCCCCCCCCCCCCCCCCCOC(=O)CCCCCCCCCCCCCCCCCCCCC. The smallest absolute Gasteiger partial charge is 0.305 e. The van der Waals surface area contributed by atoms with Gasteiger partial charge in [-0.05, 0) is 32.1 Å². The fourth-order valence-electron chi connectivity index (χ4n) is 13.5. The Balaban J connectivity index is 3.33. The largest absolute Gasteiger partial charge is 0.466 e. The van der Waals surface area contributed by atoms with Gasteiger partial charge in [0.1, 0.15) is 0 Å². The van der Waals surface area contributed by atoms with Gasteiger partial charge < -0.3 is 20.3 Å². The van der Waals surface area contributed by atoms with Crippen molar-refractivity contribution in [1.82, 2.24) is 5.32 Å². The zero-order valence-corrected chi connectivity index (χ0v) is 61.0. The van der Waals surface area contributed by atoms with Crippen molar-refractivity contribution in [3.05, 3.63) is 12.2 Å². The first-order valence-electron chi connectivity index (χ1n) is 41.5. The fourth-order valence-corrected chi connectivity index (χ4v) is 13.5. The Labute approximate surface area is 559 Å². The third-order valence-electron chi connectivity index (χ3n) is 19.8. The van der Waals surface area contributed by atoms with E-state index in [1.807, 2.05) is 6.08 Å². The predicted octanol–water partition coefficient (Wildman–Crippen LogP) is 27.4. The lowest BCUT2D eigenvalue weighted by Gasteiger charge is -2.20. The van der Waals surface area contributed by atoms with Gasteiger partial charge in [-0.1, -0.05) is 450 Å². The minimum Gasteiger partial charge on any atom is -0.466 e. The summed E-state index contributed by atoms with van der Waals surface area (Å²) < 4.78 is 5.53. The quantitative estimate of drug-likeness (QED) is 0.0320. The number of amides is 1. The normalized spacial score (nSPS) is 12.4. The van der Waals surface area contributed by atoms with Crippen molar-refractivity contribution in [3.8, 4) is 0 Å². The Hall–Kier alpha value is -1.40. The highest BCUT2D eigenvalue weighted by molar-refractivity contribution is 5.76. The molecule has 0 aromatic rings. The number of allylic oxidation sites excluding steroid dienone is 1. The number of ether oxygens (including phenoxy) is 1. The monoisotopic (exact) mass is 1250 g/mol. The summed E-state index contributed by atoms with van der Waals surface area (Å²) in [4.78, 5) is 24.7. The van der Waals surface area contributed by atoms with Crippen LogP contribution in [0.15, 0.2) is 12.2 Å². The molecule has 89 heavy (non-hydrogen) atoms. The highest BCUT2D eigenvalue weighted by Gasteiger charge is 2.18. The molecule has 0 aliphatic carbocycles. The Morgan fingerprint density at radius 1 is 0.303 bits per heavy atom. The summed E-state index contributed by atoms with van der Waals surface area (Å²) in [7, 11) is 0. The summed E-state index contributed by atoms with van der Waals surface area (Å²) in [6.07, 6.45) is 101. The van der Waals surface area contributed by atoms with Crippen LogP contribution in [-0.4, -0.2) is 47.4 Å². The molecule has 530 valence electrons. The standard InChI is InChI=1S/C83H163NO5/c1-3-5-7-9-11-13-15-17-19-21-23-24-36-40-43-47-51-55-59-63-67-71-75-81(86)80(79-85)84-82(87)76-72-68-64-60-56-52-48-44-41-37-34-32-30-28-26-25-27-29-31-33-35-38-42-46-50-54-58-62-66-70-74-78-89-83(88)77-73-69-65-61-57-53-49-45-39-22-20-18-16-14-12-10-8-6-4-2/h71,75,80-81,85-86H,3-70,72-74,76-79H2,1-2H3,(H,84,87)/b75-71+. The molecular formula is C83H163NO5. The fraction of sp³-hybridized carbons (Fsp3) is 0.952. The molecule has 3 N–H and O–H groups in total. The molecule has 0 radical (unpaired) electrons. The molecule has 0 saturated heterocycles. The Morgan fingerprint density at radius 2 is 0.517 bits per heavy atom. The van der Waals surface area contributed by atoms with E-state index in [4.69, 9.17) is 4.74 Å². The second-order valence-electron chi connectivity index (χ2n) is 28.8. The lowest BCUT2D eigenvalue weighted by Crippen LogP contribution is -2.45. The van der Waals surface area contributed by atoms with Gasteiger partial charge in [0.15, 0.2) is 0 Å². The van der Waals surface area contributed by atoms with Gasteiger partial charge in [-0.25, -0.2) is 0 Å². The zero-order chi connectivity index (χ0) is 64.2. The molecule has 0 rings (SSSR count). The zero-order valence-electron chi connectivity index (χ0n) is 61.0. The number of nitrogens with one attached hydrogen (secondary N) is 1. The highest BCUT2D eigenvalue weighted by atomic mass is 16.5. The molecule has 0 aliphatic heterocycles. The van der Waals surface area contributed by atoms with Crippen molar-refractivity contribution in [3.63, 3.8) is 0 Å². The van der Waals surface area contributed by atoms with E-state index in [2.05, 4.69) is 19.2 Å². The van der Waals surface area contributed by atoms with E-state index in [-0.39, 0.29) is 18.5 Å². The highest BCUT2D eigenvalue weighted by Crippen LogP contribution is 2.21. The van der Waals surface area contributed by atoms with E-state index < -0.39 is 12.1 Å². The van der Waals surface area contributed by atoms with Crippen LogP contribution in [0.5, 0.6) is 0 Å². The molecule has 2 unspecified atom stereocenters. The van der Waals surface area contributed by atoms with Crippen LogP contribution in [0.25, 0.3) is 0 Å². The Bertz CT molecular complexity index is 1350. The van der Waals surface area contributed by atoms with E-state index in [0.29, 0.717) is 19.4 Å². The van der Waals surface area contributed by atoms with Crippen LogP contribution in [0.2, 0.25) is 0 Å². The summed E-state index contributed by atoms with van der Waals surface area (Å²) in [5.74, 6) is -0.0314. The first kappa shape index (κ1) is 87.6. The predicted molar refractivity (Wildman–Crippen MR) is 394 cm³/mol. The minimum atomic E-state index is -0.842. The van der Waals surface area contributed by atoms with Crippen LogP contribution < -0.4 is 5.32 Å². The van der Waals surface area contributed by atoms with Gasteiger partial charge in [-0.3, -0.25) is 9.59 Å². The van der Waals surface area contributed by atoms with Crippen LogP contribution >= 0.6 is 0 Å². The average Bonchev–Trinajstić information content (AvgIpc) is 3.63. The Kier molecular flexibility index (Phi) is 77.8. The molecule has 1 amide bonds. The van der Waals surface area contributed by atoms with E-state index >= 15 is 0 Å². The number of hydrogen-bond acceptors (Lipinski definition) is 5. The van der Waals surface area contributed by atoms with E-state index in [1.165, 1.54) is 417 Å². The maximum Gasteiger partial charge on any atom is 0.305 e. The topological polar surface area (TPSA) is 95.9 Å². The van der Waals surface area contributed by atoms with Crippen molar-refractivity contribution in [2.75, 3.05) is 13.2 Å². The molecule has 6 heteroatoms. The van der Waals surface area contributed by atoms with Gasteiger partial charge >= 0.3 is 5.97 Å². The van der Waals surface area contributed by atoms with Gasteiger partial charge in [-0.15, -0.1) is 0 Å². The van der Waals surface area contributed by atoms with Crippen LogP contribution in [0, 0.1) is 0 Å². The van der Waals surface area contributed by atoms with Gasteiger partial charge in [0, 0.05) is 12.8 Å². The number of esters is 1. The number of hydrogen-bond donors (Lipinski definition) is 3. The van der Waals surface area contributed by atoms with Crippen molar-refractivity contribution >= 4 is 11.9 Å².